The van der Waals surface area contributed by atoms with Crippen LogP contribution in [0.4, 0.5) is 0 Å². The molecule has 0 spiro atoms. The van der Waals surface area contributed by atoms with Gasteiger partial charge in [-0.25, -0.2) is 0 Å². The molecule has 0 unspecified atom stereocenters. The fraction of sp³-hybridized carbons (Fsp3) is 0.824. The highest BCUT2D eigenvalue weighted by atomic mass is 16.2. The minimum atomic E-state index is 0.183. The zero-order chi connectivity index (χ0) is 16.9. The fourth-order valence-electron chi connectivity index (χ4n) is 3.92. The van der Waals surface area contributed by atoms with Crippen molar-refractivity contribution in [3.8, 4) is 0 Å². The molecule has 134 valence electrons. The summed E-state index contributed by atoms with van der Waals surface area (Å²) in [5.74, 6) is 2.79. The zero-order valence-corrected chi connectivity index (χ0v) is 14.8. The average molecular weight is 334 g/mol. The Bertz CT molecular complexity index is 543. The first-order chi connectivity index (χ1) is 11.7. The second-order valence-corrected chi connectivity index (χ2v) is 6.90. The summed E-state index contributed by atoms with van der Waals surface area (Å²) in [5, 5.41) is 9.01. The third-order valence-corrected chi connectivity index (χ3v) is 5.31. The summed E-state index contributed by atoms with van der Waals surface area (Å²) in [6, 6.07) is 0. The van der Waals surface area contributed by atoms with Gasteiger partial charge in [0.05, 0.1) is 6.54 Å². The van der Waals surface area contributed by atoms with Crippen LogP contribution in [0, 0.1) is 0 Å². The molecule has 7 heteroatoms. The molecule has 0 radical (unpaired) electrons. The summed E-state index contributed by atoms with van der Waals surface area (Å²) in [6.45, 7) is 8.39. The number of rotatable bonds is 6. The van der Waals surface area contributed by atoms with Crippen molar-refractivity contribution in [1.29, 1.82) is 0 Å². The molecular formula is C17H30N6O. The van der Waals surface area contributed by atoms with Crippen molar-refractivity contribution in [2.24, 2.45) is 5.73 Å². The van der Waals surface area contributed by atoms with Crippen molar-refractivity contribution >= 4 is 5.91 Å². The van der Waals surface area contributed by atoms with Crippen LogP contribution in [0.2, 0.25) is 0 Å². The van der Waals surface area contributed by atoms with Crippen molar-refractivity contribution in [1.82, 2.24) is 24.6 Å². The Balaban J connectivity index is 1.63. The molecule has 1 amide bonds. The lowest BCUT2D eigenvalue weighted by atomic mass is 9.95. The van der Waals surface area contributed by atoms with Crippen molar-refractivity contribution < 1.29 is 4.79 Å². The molecule has 1 aromatic rings. The summed E-state index contributed by atoms with van der Waals surface area (Å²) >= 11 is 0. The van der Waals surface area contributed by atoms with Crippen LogP contribution in [0.15, 0.2) is 0 Å². The largest absolute Gasteiger partial charge is 0.343 e. The monoisotopic (exact) mass is 334 g/mol. The highest BCUT2D eigenvalue weighted by molar-refractivity contribution is 5.76. The van der Waals surface area contributed by atoms with Gasteiger partial charge < -0.3 is 15.2 Å². The lowest BCUT2D eigenvalue weighted by molar-refractivity contribution is -0.132. The zero-order valence-electron chi connectivity index (χ0n) is 14.8. The summed E-state index contributed by atoms with van der Waals surface area (Å²) in [5.41, 5.74) is 5.49. The Labute approximate surface area is 144 Å². The molecule has 1 aromatic heterocycles. The number of hydrogen-bond acceptors (Lipinski definition) is 5. The van der Waals surface area contributed by atoms with E-state index in [2.05, 4.69) is 26.6 Å². The molecule has 2 N–H and O–H groups in total. The number of likely N-dealkylation sites (tertiary alicyclic amines) is 2. The maximum absolute atomic E-state index is 12.0. The van der Waals surface area contributed by atoms with Gasteiger partial charge in [-0.3, -0.25) is 9.69 Å². The molecule has 0 aromatic carbocycles. The predicted octanol–water partition coefficient (Wildman–Crippen LogP) is 0.949. The number of hydrogen-bond donors (Lipinski definition) is 1. The van der Waals surface area contributed by atoms with E-state index in [4.69, 9.17) is 5.73 Å². The van der Waals surface area contributed by atoms with Gasteiger partial charge >= 0.3 is 0 Å². The third kappa shape index (κ3) is 3.78. The molecular weight excluding hydrogens is 304 g/mol. The molecule has 2 aliphatic heterocycles. The highest BCUT2D eigenvalue weighted by Crippen LogP contribution is 2.28. The Morgan fingerprint density at radius 2 is 1.88 bits per heavy atom. The standard InChI is InChI=1S/C17H30N6O/c1-2-23-15(13-21-9-3-4-10-21)19-20-17(23)14-6-11-22(12-7-14)16(24)5-8-18/h14H,2-13,18H2,1H3. The first-order valence-electron chi connectivity index (χ1n) is 9.35. The third-order valence-electron chi connectivity index (χ3n) is 5.31. The van der Waals surface area contributed by atoms with Crippen LogP contribution in [0.3, 0.4) is 0 Å². The maximum Gasteiger partial charge on any atom is 0.223 e. The summed E-state index contributed by atoms with van der Waals surface area (Å²) in [7, 11) is 0. The van der Waals surface area contributed by atoms with E-state index in [9.17, 15) is 4.79 Å². The SMILES string of the molecule is CCn1c(CN2CCCC2)nnc1C1CCN(C(=O)CCN)CC1. The smallest absolute Gasteiger partial charge is 0.223 e. The van der Waals surface area contributed by atoms with E-state index in [0.717, 1.165) is 50.7 Å². The molecule has 24 heavy (non-hydrogen) atoms. The Morgan fingerprint density at radius 3 is 2.50 bits per heavy atom. The van der Waals surface area contributed by atoms with Crippen LogP contribution in [0.1, 0.15) is 56.6 Å². The minimum Gasteiger partial charge on any atom is -0.343 e. The van der Waals surface area contributed by atoms with Crippen molar-refractivity contribution in [2.75, 3.05) is 32.7 Å². The van der Waals surface area contributed by atoms with Gasteiger partial charge in [-0.15, -0.1) is 10.2 Å². The van der Waals surface area contributed by atoms with Gasteiger partial charge in [0.25, 0.3) is 0 Å². The van der Waals surface area contributed by atoms with Gasteiger partial charge in [-0.1, -0.05) is 0 Å². The van der Waals surface area contributed by atoms with E-state index in [1.807, 2.05) is 4.90 Å². The van der Waals surface area contributed by atoms with Gasteiger partial charge in [-0.2, -0.15) is 0 Å². The second-order valence-electron chi connectivity index (χ2n) is 6.90. The Kier molecular flexibility index (Phi) is 5.84. The molecule has 0 saturated carbocycles. The number of aromatic nitrogens is 3. The molecule has 2 aliphatic rings. The topological polar surface area (TPSA) is 80.3 Å². The highest BCUT2D eigenvalue weighted by Gasteiger charge is 2.28. The predicted molar refractivity (Wildman–Crippen MR) is 92.4 cm³/mol. The molecule has 3 rings (SSSR count). The normalized spacial score (nSPS) is 20.0. The quantitative estimate of drug-likeness (QED) is 0.838. The number of piperidine rings is 1. The minimum absolute atomic E-state index is 0.183. The van der Waals surface area contributed by atoms with Crippen LogP contribution in [0.25, 0.3) is 0 Å². The molecule has 0 bridgehead atoms. The number of amides is 1. The second kappa shape index (κ2) is 8.07. The number of nitrogens with zero attached hydrogens (tertiary/aromatic N) is 5. The van der Waals surface area contributed by atoms with Crippen molar-refractivity contribution in [2.45, 2.75) is 58.0 Å². The van der Waals surface area contributed by atoms with E-state index in [-0.39, 0.29) is 5.91 Å². The van der Waals surface area contributed by atoms with Gasteiger partial charge in [0.2, 0.25) is 5.91 Å². The van der Waals surface area contributed by atoms with Gasteiger partial charge in [-0.05, 0) is 45.7 Å². The summed E-state index contributed by atoms with van der Waals surface area (Å²) < 4.78 is 2.29. The molecule has 0 aliphatic carbocycles. The van der Waals surface area contributed by atoms with E-state index in [1.165, 1.54) is 25.9 Å². The van der Waals surface area contributed by atoms with E-state index in [1.54, 1.807) is 0 Å². The lowest BCUT2D eigenvalue weighted by Gasteiger charge is -2.31. The van der Waals surface area contributed by atoms with Crippen LogP contribution in [0.5, 0.6) is 0 Å². The first kappa shape index (κ1) is 17.4. The molecule has 2 fully saturated rings. The van der Waals surface area contributed by atoms with E-state index in [0.29, 0.717) is 18.9 Å². The van der Waals surface area contributed by atoms with E-state index >= 15 is 0 Å². The molecule has 0 atom stereocenters. The van der Waals surface area contributed by atoms with Crippen molar-refractivity contribution in [3.05, 3.63) is 11.6 Å². The van der Waals surface area contributed by atoms with Gasteiger partial charge in [0.15, 0.2) is 0 Å². The molecule has 2 saturated heterocycles. The number of nitrogens with two attached hydrogens (primary N) is 1. The van der Waals surface area contributed by atoms with Gasteiger partial charge in [0, 0.05) is 38.5 Å². The van der Waals surface area contributed by atoms with Crippen LogP contribution in [-0.4, -0.2) is 63.2 Å². The van der Waals surface area contributed by atoms with Crippen LogP contribution >= 0.6 is 0 Å². The Hall–Kier alpha value is -1.47. The summed E-state index contributed by atoms with van der Waals surface area (Å²) in [4.78, 5) is 16.4. The van der Waals surface area contributed by atoms with E-state index < -0.39 is 0 Å². The average Bonchev–Trinajstić information content (AvgIpc) is 3.25. The van der Waals surface area contributed by atoms with Gasteiger partial charge in [0.1, 0.15) is 11.6 Å². The molecule has 7 nitrogen and oxygen atoms in total. The summed E-state index contributed by atoms with van der Waals surface area (Å²) in [6.07, 6.45) is 4.98. The number of carbonyl (C=O) groups excluding carboxylic acids is 1. The van der Waals surface area contributed by atoms with Crippen LogP contribution < -0.4 is 5.73 Å². The fourth-order valence-corrected chi connectivity index (χ4v) is 3.92. The number of carbonyl (C=O) groups is 1. The Morgan fingerprint density at radius 1 is 1.17 bits per heavy atom. The molecule has 3 heterocycles. The first-order valence-corrected chi connectivity index (χ1v) is 9.35. The van der Waals surface area contributed by atoms with Crippen LogP contribution in [-0.2, 0) is 17.9 Å². The lowest BCUT2D eigenvalue weighted by Crippen LogP contribution is -2.39. The maximum atomic E-state index is 12.0. The van der Waals surface area contributed by atoms with Crippen molar-refractivity contribution in [3.63, 3.8) is 0 Å².